The molecule has 4 nitrogen and oxygen atoms in total. The van der Waals surface area contributed by atoms with Gasteiger partial charge in [0.05, 0.1) is 17.6 Å². The van der Waals surface area contributed by atoms with Crippen LogP contribution in [0.4, 0.5) is 0 Å². The number of carbonyl (C=O) groups is 1. The van der Waals surface area contributed by atoms with Crippen molar-refractivity contribution in [1.82, 2.24) is 4.57 Å². The Morgan fingerprint density at radius 2 is 1.40 bits per heavy atom. The van der Waals surface area contributed by atoms with Crippen LogP contribution < -0.4 is 5.56 Å². The minimum atomic E-state index is -0.992. The molecule has 1 N–H and O–H groups in total. The summed E-state index contributed by atoms with van der Waals surface area (Å²) in [6.45, 7) is 0.215. The van der Waals surface area contributed by atoms with Crippen molar-refractivity contribution in [3.05, 3.63) is 94.3 Å². The third-order valence-corrected chi connectivity index (χ3v) is 4.46. The SMILES string of the molecule is O=C(O)c1ccccc1Cn1c(=O)c2ccccc2c2ccccc21. The number of hydrogen-bond acceptors (Lipinski definition) is 2. The molecular formula is C21H15NO3. The molecule has 0 amide bonds. The number of para-hydroxylation sites is 1. The lowest BCUT2D eigenvalue weighted by Gasteiger charge is -2.14. The van der Waals surface area contributed by atoms with Gasteiger partial charge >= 0.3 is 5.97 Å². The zero-order chi connectivity index (χ0) is 17.4. The highest BCUT2D eigenvalue weighted by molar-refractivity contribution is 6.05. The highest BCUT2D eigenvalue weighted by Gasteiger charge is 2.14. The summed E-state index contributed by atoms with van der Waals surface area (Å²) in [4.78, 5) is 24.5. The molecule has 4 aromatic rings. The monoisotopic (exact) mass is 329 g/mol. The molecule has 0 radical (unpaired) electrons. The fourth-order valence-electron chi connectivity index (χ4n) is 3.29. The second-order valence-electron chi connectivity index (χ2n) is 5.92. The lowest BCUT2D eigenvalue weighted by molar-refractivity contribution is 0.0695. The maximum absolute atomic E-state index is 13.0. The number of aromatic carboxylic acids is 1. The van der Waals surface area contributed by atoms with E-state index in [0.29, 0.717) is 10.9 Å². The zero-order valence-corrected chi connectivity index (χ0v) is 13.3. The molecule has 1 aromatic heterocycles. The van der Waals surface area contributed by atoms with Crippen molar-refractivity contribution >= 4 is 27.6 Å². The highest BCUT2D eigenvalue weighted by atomic mass is 16.4. The quantitative estimate of drug-likeness (QED) is 0.580. The first-order valence-corrected chi connectivity index (χ1v) is 7.98. The van der Waals surface area contributed by atoms with Crippen molar-refractivity contribution in [3.63, 3.8) is 0 Å². The van der Waals surface area contributed by atoms with Crippen molar-refractivity contribution in [2.45, 2.75) is 6.54 Å². The maximum atomic E-state index is 13.0. The van der Waals surface area contributed by atoms with Gasteiger partial charge in [0.15, 0.2) is 0 Å². The second kappa shape index (κ2) is 5.91. The Balaban J connectivity index is 2.03. The van der Waals surface area contributed by atoms with Gasteiger partial charge in [0.1, 0.15) is 0 Å². The van der Waals surface area contributed by atoms with E-state index < -0.39 is 5.97 Å². The van der Waals surface area contributed by atoms with Crippen molar-refractivity contribution in [3.8, 4) is 0 Å². The molecule has 0 bridgehead atoms. The van der Waals surface area contributed by atoms with Crippen LogP contribution in [0, 0.1) is 0 Å². The first-order valence-electron chi connectivity index (χ1n) is 7.98. The van der Waals surface area contributed by atoms with E-state index in [2.05, 4.69) is 0 Å². The van der Waals surface area contributed by atoms with Crippen molar-refractivity contribution < 1.29 is 9.90 Å². The molecular weight excluding hydrogens is 314 g/mol. The molecule has 0 atom stereocenters. The number of pyridine rings is 1. The fraction of sp³-hybridized carbons (Fsp3) is 0.0476. The fourth-order valence-corrected chi connectivity index (χ4v) is 3.29. The third-order valence-electron chi connectivity index (χ3n) is 4.46. The Labute approximate surface area is 143 Å². The summed E-state index contributed by atoms with van der Waals surface area (Å²) < 4.78 is 1.65. The summed E-state index contributed by atoms with van der Waals surface area (Å²) in [6, 6.07) is 22.0. The average molecular weight is 329 g/mol. The van der Waals surface area contributed by atoms with Gasteiger partial charge in [-0.2, -0.15) is 0 Å². The van der Waals surface area contributed by atoms with Gasteiger partial charge in [-0.3, -0.25) is 4.79 Å². The number of fused-ring (bicyclic) bond motifs is 3. The van der Waals surface area contributed by atoms with Gasteiger partial charge in [0.2, 0.25) is 0 Å². The molecule has 122 valence electrons. The van der Waals surface area contributed by atoms with E-state index in [4.69, 9.17) is 0 Å². The van der Waals surface area contributed by atoms with Gasteiger partial charge in [-0.15, -0.1) is 0 Å². The van der Waals surface area contributed by atoms with Crippen LogP contribution in [0.25, 0.3) is 21.7 Å². The number of hydrogen-bond donors (Lipinski definition) is 1. The van der Waals surface area contributed by atoms with E-state index >= 15 is 0 Å². The van der Waals surface area contributed by atoms with E-state index in [-0.39, 0.29) is 17.7 Å². The van der Waals surface area contributed by atoms with Crippen LogP contribution >= 0.6 is 0 Å². The normalized spacial score (nSPS) is 11.0. The lowest BCUT2D eigenvalue weighted by atomic mass is 10.0. The van der Waals surface area contributed by atoms with E-state index in [1.807, 2.05) is 48.5 Å². The Kier molecular flexibility index (Phi) is 3.58. The van der Waals surface area contributed by atoms with Crippen LogP contribution in [0.15, 0.2) is 77.6 Å². The number of carboxylic acid groups (broad SMARTS) is 1. The van der Waals surface area contributed by atoms with Crippen molar-refractivity contribution in [2.24, 2.45) is 0 Å². The van der Waals surface area contributed by atoms with Crippen LogP contribution in [0.2, 0.25) is 0 Å². The second-order valence-corrected chi connectivity index (χ2v) is 5.92. The van der Waals surface area contributed by atoms with E-state index in [1.54, 1.807) is 28.8 Å². The molecule has 0 aliphatic rings. The summed E-state index contributed by atoms with van der Waals surface area (Å²) in [5.41, 5.74) is 1.50. The standard InChI is InChI=1S/C21H15NO3/c23-20-18-11-4-3-9-16(18)17-10-5-6-12-19(17)22(20)13-14-7-1-2-8-15(14)21(24)25/h1-12H,13H2,(H,24,25). The predicted octanol–water partition coefficient (Wildman–Crippen LogP) is 3.90. The van der Waals surface area contributed by atoms with Gasteiger partial charge in [0, 0.05) is 10.8 Å². The smallest absolute Gasteiger partial charge is 0.336 e. The number of benzene rings is 3. The maximum Gasteiger partial charge on any atom is 0.336 e. The summed E-state index contributed by atoms with van der Waals surface area (Å²) in [7, 11) is 0. The molecule has 3 aromatic carbocycles. The molecule has 0 saturated heterocycles. The number of rotatable bonds is 3. The van der Waals surface area contributed by atoms with E-state index in [9.17, 15) is 14.7 Å². The minimum Gasteiger partial charge on any atom is -0.478 e. The Morgan fingerprint density at radius 3 is 2.16 bits per heavy atom. The number of aromatic nitrogens is 1. The molecule has 0 saturated carbocycles. The van der Waals surface area contributed by atoms with Gasteiger partial charge < -0.3 is 9.67 Å². The molecule has 25 heavy (non-hydrogen) atoms. The van der Waals surface area contributed by atoms with E-state index in [0.717, 1.165) is 16.3 Å². The predicted molar refractivity (Wildman–Crippen MR) is 98.2 cm³/mol. The van der Waals surface area contributed by atoms with Crippen LogP contribution in [0.1, 0.15) is 15.9 Å². The van der Waals surface area contributed by atoms with Crippen molar-refractivity contribution in [1.29, 1.82) is 0 Å². The molecule has 0 spiro atoms. The first kappa shape index (κ1) is 15.1. The lowest BCUT2D eigenvalue weighted by Crippen LogP contribution is -2.22. The molecule has 0 unspecified atom stereocenters. The summed E-state index contributed by atoms with van der Waals surface area (Å²) >= 11 is 0. The van der Waals surface area contributed by atoms with Gasteiger partial charge in [0.25, 0.3) is 5.56 Å². The topological polar surface area (TPSA) is 59.3 Å². The van der Waals surface area contributed by atoms with Gasteiger partial charge in [-0.1, -0.05) is 54.6 Å². The van der Waals surface area contributed by atoms with Crippen LogP contribution in [-0.4, -0.2) is 15.6 Å². The zero-order valence-electron chi connectivity index (χ0n) is 13.3. The minimum absolute atomic E-state index is 0.116. The molecule has 4 heteroatoms. The van der Waals surface area contributed by atoms with Crippen LogP contribution in [-0.2, 0) is 6.54 Å². The molecule has 0 aliphatic heterocycles. The Hall–Kier alpha value is -3.40. The molecule has 4 rings (SSSR count). The van der Waals surface area contributed by atoms with Gasteiger partial charge in [-0.25, -0.2) is 4.79 Å². The summed E-state index contributed by atoms with van der Waals surface area (Å²) in [6.07, 6.45) is 0. The van der Waals surface area contributed by atoms with Crippen LogP contribution in [0.5, 0.6) is 0 Å². The third kappa shape index (κ3) is 2.48. The summed E-state index contributed by atoms with van der Waals surface area (Å²) in [5.74, 6) is -0.992. The number of carboxylic acids is 1. The van der Waals surface area contributed by atoms with Crippen LogP contribution in [0.3, 0.4) is 0 Å². The highest BCUT2D eigenvalue weighted by Crippen LogP contribution is 2.23. The number of nitrogens with zero attached hydrogens (tertiary/aromatic N) is 1. The first-order chi connectivity index (χ1) is 12.2. The van der Waals surface area contributed by atoms with E-state index in [1.165, 1.54) is 0 Å². The summed E-state index contributed by atoms with van der Waals surface area (Å²) in [5, 5.41) is 11.9. The molecule has 1 heterocycles. The van der Waals surface area contributed by atoms with Crippen molar-refractivity contribution in [2.75, 3.05) is 0 Å². The Morgan fingerprint density at radius 1 is 0.800 bits per heavy atom. The Bertz CT molecular complexity index is 1170. The molecule has 0 aliphatic carbocycles. The average Bonchev–Trinajstić information content (AvgIpc) is 2.65. The van der Waals surface area contributed by atoms with Gasteiger partial charge in [-0.05, 0) is 29.1 Å². The molecule has 0 fully saturated rings. The largest absolute Gasteiger partial charge is 0.478 e.